The summed E-state index contributed by atoms with van der Waals surface area (Å²) in [6.45, 7) is 1.64. The molecule has 0 radical (unpaired) electrons. The Kier molecular flexibility index (Phi) is 2.72. The molecule has 0 aliphatic carbocycles. The second-order valence-electron chi connectivity index (χ2n) is 3.45. The molecule has 0 N–H and O–H groups in total. The van der Waals surface area contributed by atoms with E-state index in [0.717, 1.165) is 25.9 Å². The van der Waals surface area contributed by atoms with Crippen molar-refractivity contribution < 1.29 is 9.63 Å². The maximum Gasteiger partial charge on any atom is 0.434 e. The van der Waals surface area contributed by atoms with Gasteiger partial charge in [0.2, 0.25) is 0 Å². The standard InChI is InChI=1S/C10H14N2O2/c13-10(11-6-2-1-3-7-11)14-12-8-4-5-9-12/h4-5,8-9H,1-3,6-7H2. The molecule has 1 amide bonds. The number of rotatable bonds is 1. The minimum Gasteiger partial charge on any atom is -0.317 e. The first kappa shape index (κ1) is 9.12. The summed E-state index contributed by atoms with van der Waals surface area (Å²) in [6, 6.07) is 3.65. The summed E-state index contributed by atoms with van der Waals surface area (Å²) in [5.41, 5.74) is 0. The second-order valence-corrected chi connectivity index (χ2v) is 3.45. The van der Waals surface area contributed by atoms with Gasteiger partial charge in [0, 0.05) is 25.5 Å². The summed E-state index contributed by atoms with van der Waals surface area (Å²) in [7, 11) is 0. The van der Waals surface area contributed by atoms with E-state index < -0.39 is 0 Å². The van der Waals surface area contributed by atoms with Crippen LogP contribution in [0.5, 0.6) is 0 Å². The van der Waals surface area contributed by atoms with E-state index in [-0.39, 0.29) is 6.09 Å². The maximum absolute atomic E-state index is 11.5. The van der Waals surface area contributed by atoms with Crippen LogP contribution < -0.4 is 4.84 Å². The molecule has 2 heterocycles. The molecule has 4 heteroatoms. The quantitative estimate of drug-likeness (QED) is 0.679. The zero-order valence-corrected chi connectivity index (χ0v) is 8.06. The normalized spacial score (nSPS) is 16.7. The first-order valence-corrected chi connectivity index (χ1v) is 4.96. The predicted molar refractivity (Wildman–Crippen MR) is 51.8 cm³/mol. The third-order valence-electron chi connectivity index (χ3n) is 2.37. The lowest BCUT2D eigenvalue weighted by atomic mass is 10.1. The van der Waals surface area contributed by atoms with Gasteiger partial charge in [0.15, 0.2) is 0 Å². The van der Waals surface area contributed by atoms with E-state index in [0.29, 0.717) is 0 Å². The van der Waals surface area contributed by atoms with E-state index in [9.17, 15) is 4.79 Å². The van der Waals surface area contributed by atoms with Gasteiger partial charge >= 0.3 is 6.09 Å². The van der Waals surface area contributed by atoms with Gasteiger partial charge in [-0.15, -0.1) is 0 Å². The van der Waals surface area contributed by atoms with Crippen LogP contribution in [0.25, 0.3) is 0 Å². The molecule has 14 heavy (non-hydrogen) atoms. The fourth-order valence-electron chi connectivity index (χ4n) is 1.60. The van der Waals surface area contributed by atoms with Crippen LogP contribution in [0.1, 0.15) is 19.3 Å². The summed E-state index contributed by atoms with van der Waals surface area (Å²) in [4.78, 5) is 18.4. The number of likely N-dealkylation sites (tertiary alicyclic amines) is 1. The van der Waals surface area contributed by atoms with Crippen LogP contribution in [0.2, 0.25) is 0 Å². The van der Waals surface area contributed by atoms with Gasteiger partial charge in [-0.25, -0.2) is 4.79 Å². The van der Waals surface area contributed by atoms with E-state index in [1.54, 1.807) is 17.3 Å². The molecular weight excluding hydrogens is 180 g/mol. The number of amides is 1. The van der Waals surface area contributed by atoms with Crippen LogP contribution >= 0.6 is 0 Å². The van der Waals surface area contributed by atoms with Crippen LogP contribution in [-0.4, -0.2) is 28.8 Å². The van der Waals surface area contributed by atoms with E-state index >= 15 is 0 Å². The molecule has 4 nitrogen and oxygen atoms in total. The Morgan fingerprint density at radius 3 is 2.36 bits per heavy atom. The summed E-state index contributed by atoms with van der Waals surface area (Å²) in [5, 5.41) is 0. The van der Waals surface area contributed by atoms with Crippen LogP contribution in [0, 0.1) is 0 Å². The van der Waals surface area contributed by atoms with E-state index in [2.05, 4.69) is 0 Å². The van der Waals surface area contributed by atoms with Gasteiger partial charge in [0.05, 0.1) is 0 Å². The lowest BCUT2D eigenvalue weighted by molar-refractivity contribution is 0.0862. The van der Waals surface area contributed by atoms with Gasteiger partial charge in [0.25, 0.3) is 0 Å². The Bertz CT molecular complexity index is 289. The van der Waals surface area contributed by atoms with Crippen LogP contribution in [-0.2, 0) is 0 Å². The number of carbonyl (C=O) groups is 1. The average Bonchev–Trinajstić information content (AvgIpc) is 2.72. The molecule has 0 saturated carbocycles. The Labute approximate surface area is 83.0 Å². The topological polar surface area (TPSA) is 34.5 Å². The lowest BCUT2D eigenvalue weighted by Gasteiger charge is -2.25. The number of nitrogens with zero attached hydrogens (tertiary/aromatic N) is 2. The molecule has 1 aliphatic heterocycles. The SMILES string of the molecule is O=C(On1cccc1)N1CCCCC1. The number of aromatic nitrogens is 1. The highest BCUT2D eigenvalue weighted by atomic mass is 16.7. The van der Waals surface area contributed by atoms with Gasteiger partial charge in [-0.1, -0.05) is 0 Å². The molecule has 0 spiro atoms. The second kappa shape index (κ2) is 4.17. The Hall–Kier alpha value is -1.45. The van der Waals surface area contributed by atoms with Crippen LogP contribution in [0.4, 0.5) is 4.79 Å². The Balaban J connectivity index is 1.88. The molecule has 2 rings (SSSR count). The smallest absolute Gasteiger partial charge is 0.317 e. The molecule has 1 saturated heterocycles. The minimum absolute atomic E-state index is 0.249. The summed E-state index contributed by atoms with van der Waals surface area (Å²) < 4.78 is 1.43. The molecule has 0 bridgehead atoms. The highest BCUT2D eigenvalue weighted by Crippen LogP contribution is 2.08. The highest BCUT2D eigenvalue weighted by Gasteiger charge is 2.17. The summed E-state index contributed by atoms with van der Waals surface area (Å²) in [5.74, 6) is 0. The van der Waals surface area contributed by atoms with E-state index in [4.69, 9.17) is 4.84 Å². The van der Waals surface area contributed by atoms with Crippen molar-refractivity contribution in [1.29, 1.82) is 0 Å². The van der Waals surface area contributed by atoms with Crippen molar-refractivity contribution in [2.45, 2.75) is 19.3 Å². The molecule has 1 aliphatic rings. The van der Waals surface area contributed by atoms with Crippen molar-refractivity contribution in [3.63, 3.8) is 0 Å². The zero-order valence-electron chi connectivity index (χ0n) is 8.06. The van der Waals surface area contributed by atoms with Crippen molar-refractivity contribution in [2.24, 2.45) is 0 Å². The van der Waals surface area contributed by atoms with Crippen molar-refractivity contribution in [1.82, 2.24) is 9.63 Å². The van der Waals surface area contributed by atoms with Gasteiger partial charge in [-0.05, 0) is 31.4 Å². The van der Waals surface area contributed by atoms with Gasteiger partial charge in [-0.2, -0.15) is 4.73 Å². The number of piperidine rings is 1. The van der Waals surface area contributed by atoms with Crippen LogP contribution in [0.15, 0.2) is 24.5 Å². The largest absolute Gasteiger partial charge is 0.434 e. The molecule has 1 aromatic heterocycles. The molecular formula is C10H14N2O2. The Morgan fingerprint density at radius 2 is 1.71 bits per heavy atom. The van der Waals surface area contributed by atoms with E-state index in [1.807, 2.05) is 12.1 Å². The lowest BCUT2D eigenvalue weighted by Crippen LogP contribution is -2.40. The van der Waals surface area contributed by atoms with Crippen molar-refractivity contribution >= 4 is 6.09 Å². The summed E-state index contributed by atoms with van der Waals surface area (Å²) in [6.07, 6.45) is 6.55. The zero-order chi connectivity index (χ0) is 9.80. The monoisotopic (exact) mass is 194 g/mol. The molecule has 76 valence electrons. The van der Waals surface area contributed by atoms with Gasteiger partial charge in [-0.3, -0.25) is 0 Å². The van der Waals surface area contributed by atoms with E-state index in [1.165, 1.54) is 11.2 Å². The molecule has 0 atom stereocenters. The first-order valence-electron chi connectivity index (χ1n) is 4.96. The molecule has 0 aromatic carbocycles. The maximum atomic E-state index is 11.5. The highest BCUT2D eigenvalue weighted by molar-refractivity contribution is 5.67. The molecule has 1 aromatic rings. The number of hydrogen-bond donors (Lipinski definition) is 0. The van der Waals surface area contributed by atoms with Crippen LogP contribution in [0.3, 0.4) is 0 Å². The van der Waals surface area contributed by atoms with Crippen molar-refractivity contribution in [2.75, 3.05) is 13.1 Å². The summed E-state index contributed by atoms with van der Waals surface area (Å²) >= 11 is 0. The predicted octanol–water partition coefficient (Wildman–Crippen LogP) is 1.52. The number of hydrogen-bond acceptors (Lipinski definition) is 2. The van der Waals surface area contributed by atoms with Crippen molar-refractivity contribution in [3.8, 4) is 0 Å². The fourth-order valence-corrected chi connectivity index (χ4v) is 1.60. The third-order valence-corrected chi connectivity index (χ3v) is 2.37. The third kappa shape index (κ3) is 2.07. The van der Waals surface area contributed by atoms with Gasteiger partial charge in [0.1, 0.15) is 0 Å². The molecule has 1 fully saturated rings. The number of carbonyl (C=O) groups excluding carboxylic acids is 1. The fraction of sp³-hybridized carbons (Fsp3) is 0.500. The molecule has 0 unspecified atom stereocenters. The first-order chi connectivity index (χ1) is 6.86. The van der Waals surface area contributed by atoms with Gasteiger partial charge < -0.3 is 9.74 Å². The average molecular weight is 194 g/mol. The minimum atomic E-state index is -0.249. The Morgan fingerprint density at radius 1 is 1.07 bits per heavy atom. The van der Waals surface area contributed by atoms with Crippen molar-refractivity contribution in [3.05, 3.63) is 24.5 Å².